The van der Waals surface area contributed by atoms with E-state index in [-0.39, 0.29) is 0 Å². The van der Waals surface area contributed by atoms with Crippen LogP contribution in [-0.4, -0.2) is 57.3 Å². The highest BCUT2D eigenvalue weighted by Crippen LogP contribution is 2.14. The molecular formula is C39H75NO5. The highest BCUT2D eigenvalue weighted by Gasteiger charge is 2.28. The molecule has 0 radical (unpaired) electrons. The van der Waals surface area contributed by atoms with Crippen LogP contribution in [0.2, 0.25) is 0 Å². The van der Waals surface area contributed by atoms with Crippen LogP contribution in [0.5, 0.6) is 0 Å². The smallest absolute Gasteiger partial charge is 0.249 e. The number of nitrogens with one attached hydrogen (secondary N) is 1. The predicted octanol–water partition coefficient (Wildman–Crippen LogP) is 9.23. The molecule has 0 heterocycles. The van der Waals surface area contributed by atoms with Crippen molar-refractivity contribution >= 4 is 5.91 Å². The molecule has 1 amide bonds. The Morgan fingerprint density at radius 3 is 1.36 bits per heavy atom. The van der Waals surface area contributed by atoms with Crippen LogP contribution in [0.3, 0.4) is 0 Å². The Bertz CT molecular complexity index is 682. The number of carbonyl (C=O) groups is 1. The van der Waals surface area contributed by atoms with Crippen LogP contribution in [0.25, 0.3) is 0 Å². The molecule has 0 aromatic rings. The zero-order chi connectivity index (χ0) is 33.2. The van der Waals surface area contributed by atoms with Gasteiger partial charge >= 0.3 is 0 Å². The Hall–Kier alpha value is -1.21. The van der Waals surface area contributed by atoms with Crippen LogP contribution in [0.1, 0.15) is 187 Å². The Balaban J connectivity index is 3.86. The first-order valence-electron chi connectivity index (χ1n) is 19.2. The van der Waals surface area contributed by atoms with E-state index in [0.29, 0.717) is 12.8 Å². The lowest BCUT2D eigenvalue weighted by atomic mass is 10.00. The molecule has 6 heteroatoms. The molecule has 0 aliphatic heterocycles. The number of hydrogen-bond acceptors (Lipinski definition) is 5. The summed E-state index contributed by atoms with van der Waals surface area (Å²) in [6.45, 7) is 4.00. The van der Waals surface area contributed by atoms with E-state index in [1.165, 1.54) is 116 Å². The average molecular weight is 638 g/mol. The lowest BCUT2D eigenvalue weighted by Crippen LogP contribution is -2.53. The predicted molar refractivity (Wildman–Crippen MR) is 191 cm³/mol. The van der Waals surface area contributed by atoms with E-state index >= 15 is 0 Å². The highest BCUT2D eigenvalue weighted by molar-refractivity contribution is 5.80. The minimum absolute atomic E-state index is 0.356. The normalized spacial score (nSPS) is 14.7. The minimum atomic E-state index is -1.28. The topological polar surface area (TPSA) is 110 Å². The summed E-state index contributed by atoms with van der Waals surface area (Å²) in [5.74, 6) is -0.600. The molecule has 0 aromatic carbocycles. The molecule has 266 valence electrons. The van der Waals surface area contributed by atoms with Gasteiger partial charge in [-0.3, -0.25) is 4.79 Å². The van der Waals surface area contributed by atoms with Crippen LogP contribution in [-0.2, 0) is 4.79 Å². The van der Waals surface area contributed by atoms with E-state index in [4.69, 9.17) is 0 Å². The molecule has 0 aliphatic carbocycles. The van der Waals surface area contributed by atoms with Gasteiger partial charge < -0.3 is 25.7 Å². The van der Waals surface area contributed by atoms with E-state index in [9.17, 15) is 25.2 Å². The van der Waals surface area contributed by atoms with Crippen LogP contribution in [0.4, 0.5) is 0 Å². The summed E-state index contributed by atoms with van der Waals surface area (Å²) >= 11 is 0. The van der Waals surface area contributed by atoms with E-state index in [0.717, 1.165) is 44.9 Å². The molecule has 0 spiro atoms. The fourth-order valence-corrected chi connectivity index (χ4v) is 5.75. The van der Waals surface area contributed by atoms with Gasteiger partial charge in [0.15, 0.2) is 0 Å². The quantitative estimate of drug-likeness (QED) is 0.0357. The van der Waals surface area contributed by atoms with Gasteiger partial charge in [-0.05, 0) is 64.2 Å². The third-order valence-electron chi connectivity index (χ3n) is 8.88. The summed E-state index contributed by atoms with van der Waals surface area (Å²) < 4.78 is 0. The molecule has 0 saturated heterocycles. The standard InChI is InChI=1S/C39H75NO5/c1-3-5-7-9-11-13-15-17-19-21-22-24-26-28-30-32-36(42)38(44)35(34-41)40-39(45)37(43)33-31-29-27-25-23-20-18-16-14-12-10-8-6-4-2/h14,16,24,26,35-38,41-44H,3-13,15,17-23,25,27-34H2,1-2H3,(H,40,45)/b16-14-,26-24+. The first-order valence-corrected chi connectivity index (χ1v) is 19.2. The highest BCUT2D eigenvalue weighted by atomic mass is 16.3. The van der Waals surface area contributed by atoms with Gasteiger partial charge in [0, 0.05) is 0 Å². The molecule has 0 aliphatic rings. The van der Waals surface area contributed by atoms with Gasteiger partial charge in [-0.25, -0.2) is 0 Å². The SMILES string of the molecule is CCCCCC/C=C\CCCCCCCCC(O)C(=O)NC(CO)C(O)C(O)CCC/C=C/CCCCCCCCCCCC. The monoisotopic (exact) mass is 638 g/mol. The lowest BCUT2D eigenvalue weighted by molar-refractivity contribution is -0.132. The van der Waals surface area contributed by atoms with Gasteiger partial charge in [-0.1, -0.05) is 147 Å². The molecule has 6 nitrogen and oxygen atoms in total. The summed E-state index contributed by atoms with van der Waals surface area (Å²) in [4.78, 5) is 12.4. The van der Waals surface area contributed by atoms with Crippen molar-refractivity contribution in [3.8, 4) is 0 Å². The number of hydrogen-bond donors (Lipinski definition) is 5. The second kappa shape index (κ2) is 34.1. The Labute approximate surface area is 278 Å². The summed E-state index contributed by atoms with van der Waals surface area (Å²) in [6.07, 6.45) is 36.2. The average Bonchev–Trinajstić information content (AvgIpc) is 3.04. The van der Waals surface area contributed by atoms with Crippen molar-refractivity contribution in [1.29, 1.82) is 0 Å². The number of carbonyl (C=O) groups excluding carboxylic acids is 1. The second-order valence-electron chi connectivity index (χ2n) is 13.3. The summed E-state index contributed by atoms with van der Waals surface area (Å²) in [5.41, 5.74) is 0. The van der Waals surface area contributed by atoms with E-state index in [2.05, 4.69) is 43.5 Å². The van der Waals surface area contributed by atoms with Crippen molar-refractivity contribution in [3.05, 3.63) is 24.3 Å². The number of rotatable bonds is 34. The van der Waals surface area contributed by atoms with E-state index in [1.54, 1.807) is 0 Å². The number of aliphatic hydroxyl groups excluding tert-OH is 4. The van der Waals surface area contributed by atoms with Crippen LogP contribution in [0, 0.1) is 0 Å². The molecule has 5 N–H and O–H groups in total. The van der Waals surface area contributed by atoms with Crippen molar-refractivity contribution in [2.24, 2.45) is 0 Å². The van der Waals surface area contributed by atoms with Crippen LogP contribution in [0.15, 0.2) is 24.3 Å². The van der Waals surface area contributed by atoms with Crippen molar-refractivity contribution in [2.75, 3.05) is 6.61 Å². The molecule has 45 heavy (non-hydrogen) atoms. The zero-order valence-corrected chi connectivity index (χ0v) is 29.6. The lowest BCUT2D eigenvalue weighted by Gasteiger charge is -2.27. The molecule has 0 aromatic heterocycles. The molecule has 0 bridgehead atoms. The summed E-state index contributed by atoms with van der Waals surface area (Å²) in [6, 6.07) is -1.00. The van der Waals surface area contributed by atoms with Crippen LogP contribution >= 0.6 is 0 Å². The zero-order valence-electron chi connectivity index (χ0n) is 29.6. The van der Waals surface area contributed by atoms with Crippen molar-refractivity contribution in [2.45, 2.75) is 212 Å². The molecule has 0 fully saturated rings. The third kappa shape index (κ3) is 28.7. The third-order valence-corrected chi connectivity index (χ3v) is 8.88. The maximum Gasteiger partial charge on any atom is 0.249 e. The number of allylic oxidation sites excluding steroid dienone is 4. The van der Waals surface area contributed by atoms with Crippen molar-refractivity contribution < 1.29 is 25.2 Å². The fourth-order valence-electron chi connectivity index (χ4n) is 5.75. The molecular weight excluding hydrogens is 562 g/mol. The van der Waals surface area contributed by atoms with Crippen molar-refractivity contribution in [3.63, 3.8) is 0 Å². The van der Waals surface area contributed by atoms with E-state index < -0.39 is 36.9 Å². The maximum atomic E-state index is 12.4. The van der Waals surface area contributed by atoms with Gasteiger partial charge in [-0.2, -0.15) is 0 Å². The first kappa shape index (κ1) is 43.8. The number of unbranched alkanes of at least 4 members (excludes halogenated alkanes) is 21. The van der Waals surface area contributed by atoms with Crippen molar-refractivity contribution in [1.82, 2.24) is 5.32 Å². The second-order valence-corrected chi connectivity index (χ2v) is 13.3. The van der Waals surface area contributed by atoms with Gasteiger partial charge in [0.05, 0.1) is 18.8 Å². The molecule has 0 saturated carbocycles. The van der Waals surface area contributed by atoms with Gasteiger partial charge in [-0.15, -0.1) is 0 Å². The molecule has 0 rings (SSSR count). The molecule has 4 unspecified atom stereocenters. The van der Waals surface area contributed by atoms with Gasteiger partial charge in [0.1, 0.15) is 12.2 Å². The minimum Gasteiger partial charge on any atom is -0.394 e. The fraction of sp³-hybridized carbons (Fsp3) is 0.872. The Kier molecular flexibility index (Phi) is 33.2. The molecule has 4 atom stereocenters. The largest absolute Gasteiger partial charge is 0.394 e. The maximum absolute atomic E-state index is 12.4. The van der Waals surface area contributed by atoms with Crippen LogP contribution < -0.4 is 5.32 Å². The summed E-state index contributed by atoms with van der Waals surface area (Å²) in [5, 5.41) is 43.4. The Morgan fingerprint density at radius 2 is 0.911 bits per heavy atom. The van der Waals surface area contributed by atoms with Gasteiger partial charge in [0.2, 0.25) is 5.91 Å². The first-order chi connectivity index (χ1) is 22.0. The number of aliphatic hydroxyl groups is 4. The summed E-state index contributed by atoms with van der Waals surface area (Å²) in [7, 11) is 0. The van der Waals surface area contributed by atoms with Gasteiger partial charge in [0.25, 0.3) is 0 Å². The van der Waals surface area contributed by atoms with E-state index in [1.807, 2.05) is 0 Å². The Morgan fingerprint density at radius 1 is 0.533 bits per heavy atom. The number of amides is 1.